The fraction of sp³-hybridized carbons (Fsp3) is 0.364. The van der Waals surface area contributed by atoms with Crippen molar-refractivity contribution in [1.29, 1.82) is 0 Å². The lowest BCUT2D eigenvalue weighted by Crippen LogP contribution is -2.17. The summed E-state index contributed by atoms with van der Waals surface area (Å²) in [6.45, 7) is 1.59. The first-order valence-electron chi connectivity index (χ1n) is 4.78. The highest BCUT2D eigenvalue weighted by molar-refractivity contribution is 5.48. The molecule has 0 radical (unpaired) electrons. The van der Waals surface area contributed by atoms with Gasteiger partial charge in [-0.15, -0.1) is 0 Å². The molecule has 0 spiro atoms. The quantitative estimate of drug-likeness (QED) is 0.716. The van der Waals surface area contributed by atoms with Crippen molar-refractivity contribution in [2.45, 2.75) is 12.3 Å². The number of phenolic OH excluding ortho intramolecular Hbond substituents is 1. The summed E-state index contributed by atoms with van der Waals surface area (Å²) in [5.41, 5.74) is 1.12. The summed E-state index contributed by atoms with van der Waals surface area (Å²) in [7, 11) is 0. The number of amides is 1. The van der Waals surface area contributed by atoms with Crippen molar-refractivity contribution in [3.8, 4) is 5.75 Å². The number of likely N-dealkylation sites (tertiary alicyclic amines) is 1. The van der Waals surface area contributed by atoms with Gasteiger partial charge in [-0.3, -0.25) is 4.79 Å². The van der Waals surface area contributed by atoms with E-state index in [1.807, 2.05) is 12.1 Å². The molecule has 1 atom stereocenters. The van der Waals surface area contributed by atoms with Crippen molar-refractivity contribution in [3.05, 3.63) is 29.8 Å². The first kappa shape index (κ1) is 9.06. The molecular weight excluding hydrogens is 178 g/mol. The summed E-state index contributed by atoms with van der Waals surface area (Å²) in [6.07, 6.45) is 1.88. The average molecular weight is 191 g/mol. The maximum atomic E-state index is 10.5. The van der Waals surface area contributed by atoms with Gasteiger partial charge >= 0.3 is 0 Å². The highest BCUT2D eigenvalue weighted by atomic mass is 16.3. The Balaban J connectivity index is 2.13. The number of carbonyl (C=O) groups excluding carboxylic acids is 1. The highest BCUT2D eigenvalue weighted by Crippen LogP contribution is 2.27. The molecule has 1 saturated heterocycles. The van der Waals surface area contributed by atoms with E-state index in [1.165, 1.54) is 0 Å². The molecule has 1 unspecified atom stereocenters. The van der Waals surface area contributed by atoms with Crippen molar-refractivity contribution < 1.29 is 9.90 Å². The number of carbonyl (C=O) groups is 1. The summed E-state index contributed by atoms with van der Waals surface area (Å²) in [6, 6.07) is 7.28. The van der Waals surface area contributed by atoms with E-state index in [4.69, 9.17) is 0 Å². The van der Waals surface area contributed by atoms with Crippen LogP contribution in [0.15, 0.2) is 24.3 Å². The number of hydrogen-bond acceptors (Lipinski definition) is 2. The zero-order valence-corrected chi connectivity index (χ0v) is 7.89. The number of benzene rings is 1. The highest BCUT2D eigenvalue weighted by Gasteiger charge is 2.22. The van der Waals surface area contributed by atoms with E-state index in [9.17, 15) is 9.90 Å². The number of aromatic hydroxyl groups is 1. The molecule has 0 aliphatic carbocycles. The van der Waals surface area contributed by atoms with Gasteiger partial charge in [0.2, 0.25) is 6.41 Å². The van der Waals surface area contributed by atoms with Crippen molar-refractivity contribution in [1.82, 2.24) is 4.90 Å². The van der Waals surface area contributed by atoms with Gasteiger partial charge in [0.15, 0.2) is 0 Å². The summed E-state index contributed by atoms with van der Waals surface area (Å²) in [4.78, 5) is 12.3. The number of nitrogens with zero attached hydrogens (tertiary/aromatic N) is 1. The fourth-order valence-electron chi connectivity index (χ4n) is 1.93. The zero-order chi connectivity index (χ0) is 9.97. The molecule has 1 fully saturated rings. The van der Waals surface area contributed by atoms with Crippen LogP contribution in [0.1, 0.15) is 17.9 Å². The Kier molecular flexibility index (Phi) is 2.39. The molecule has 1 heterocycles. The minimum Gasteiger partial charge on any atom is -0.508 e. The summed E-state index contributed by atoms with van der Waals surface area (Å²) in [5.74, 6) is 0.680. The lowest BCUT2D eigenvalue weighted by molar-refractivity contribution is -0.117. The standard InChI is InChI=1S/C11H13NO2/c13-8-12-5-4-10(7-12)9-2-1-3-11(14)6-9/h1-3,6,8,10,14H,4-5,7H2. The monoisotopic (exact) mass is 191 g/mol. The van der Waals surface area contributed by atoms with Crippen molar-refractivity contribution in [2.24, 2.45) is 0 Å². The summed E-state index contributed by atoms with van der Waals surface area (Å²) in [5, 5.41) is 9.31. The van der Waals surface area contributed by atoms with E-state index in [1.54, 1.807) is 17.0 Å². The van der Waals surface area contributed by atoms with Crippen LogP contribution < -0.4 is 0 Å². The van der Waals surface area contributed by atoms with Gasteiger partial charge in [0, 0.05) is 19.0 Å². The third-order valence-corrected chi connectivity index (χ3v) is 2.71. The molecular formula is C11H13NO2. The second-order valence-electron chi connectivity index (χ2n) is 3.68. The SMILES string of the molecule is O=CN1CCC(c2cccc(O)c2)C1. The van der Waals surface area contributed by atoms with Gasteiger partial charge < -0.3 is 10.0 Å². The molecule has 1 aromatic carbocycles. The van der Waals surface area contributed by atoms with E-state index in [-0.39, 0.29) is 0 Å². The van der Waals surface area contributed by atoms with Crippen LogP contribution in [-0.2, 0) is 4.79 Å². The second-order valence-corrected chi connectivity index (χ2v) is 3.68. The molecule has 2 rings (SSSR count). The molecule has 1 amide bonds. The second kappa shape index (κ2) is 3.70. The Morgan fingerprint density at radius 1 is 1.50 bits per heavy atom. The molecule has 1 aliphatic heterocycles. The molecule has 1 aromatic rings. The van der Waals surface area contributed by atoms with E-state index in [0.717, 1.165) is 31.5 Å². The fourth-order valence-corrected chi connectivity index (χ4v) is 1.93. The third-order valence-electron chi connectivity index (χ3n) is 2.71. The molecule has 14 heavy (non-hydrogen) atoms. The lowest BCUT2D eigenvalue weighted by Gasteiger charge is -2.10. The Bertz CT molecular complexity index is 338. The topological polar surface area (TPSA) is 40.5 Å². The predicted octanol–water partition coefficient (Wildman–Crippen LogP) is 1.34. The smallest absolute Gasteiger partial charge is 0.209 e. The maximum Gasteiger partial charge on any atom is 0.209 e. The van der Waals surface area contributed by atoms with E-state index < -0.39 is 0 Å². The average Bonchev–Trinajstić information content (AvgIpc) is 2.66. The van der Waals surface area contributed by atoms with Gasteiger partial charge in [-0.2, -0.15) is 0 Å². The van der Waals surface area contributed by atoms with Gasteiger partial charge in [0.05, 0.1) is 0 Å². The molecule has 0 aromatic heterocycles. The number of rotatable bonds is 2. The number of phenols is 1. The normalized spacial score (nSPS) is 21.1. The molecule has 1 aliphatic rings. The lowest BCUT2D eigenvalue weighted by atomic mass is 9.98. The van der Waals surface area contributed by atoms with Gasteiger partial charge in [-0.05, 0) is 24.1 Å². The molecule has 3 nitrogen and oxygen atoms in total. The minimum atomic E-state index is 0.298. The van der Waals surface area contributed by atoms with Crippen LogP contribution in [0.25, 0.3) is 0 Å². The van der Waals surface area contributed by atoms with Crippen LogP contribution in [0.2, 0.25) is 0 Å². The van der Waals surface area contributed by atoms with E-state index in [0.29, 0.717) is 11.7 Å². The molecule has 0 bridgehead atoms. The largest absolute Gasteiger partial charge is 0.508 e. The third kappa shape index (κ3) is 1.71. The molecule has 1 N–H and O–H groups in total. The summed E-state index contributed by atoms with van der Waals surface area (Å²) < 4.78 is 0. The van der Waals surface area contributed by atoms with Crippen LogP contribution in [0.3, 0.4) is 0 Å². The molecule has 74 valence electrons. The molecule has 3 heteroatoms. The van der Waals surface area contributed by atoms with Crippen LogP contribution in [0.5, 0.6) is 5.75 Å². The van der Waals surface area contributed by atoms with Crippen LogP contribution in [-0.4, -0.2) is 29.5 Å². The molecule has 0 saturated carbocycles. The summed E-state index contributed by atoms with van der Waals surface area (Å²) >= 11 is 0. The predicted molar refractivity (Wildman–Crippen MR) is 53.1 cm³/mol. The Morgan fingerprint density at radius 2 is 2.36 bits per heavy atom. The van der Waals surface area contributed by atoms with Gasteiger partial charge in [0.25, 0.3) is 0 Å². The van der Waals surface area contributed by atoms with Crippen LogP contribution in [0, 0.1) is 0 Å². The first-order chi connectivity index (χ1) is 6.79. The Morgan fingerprint density at radius 3 is 3.00 bits per heavy atom. The first-order valence-corrected chi connectivity index (χ1v) is 4.78. The van der Waals surface area contributed by atoms with E-state index >= 15 is 0 Å². The zero-order valence-electron chi connectivity index (χ0n) is 7.89. The van der Waals surface area contributed by atoms with Crippen molar-refractivity contribution >= 4 is 6.41 Å². The van der Waals surface area contributed by atoms with Gasteiger partial charge in [-0.1, -0.05) is 12.1 Å². The minimum absolute atomic E-state index is 0.298. The van der Waals surface area contributed by atoms with Gasteiger partial charge in [0.1, 0.15) is 5.75 Å². The van der Waals surface area contributed by atoms with Crippen molar-refractivity contribution in [2.75, 3.05) is 13.1 Å². The Labute approximate surface area is 83.0 Å². The van der Waals surface area contributed by atoms with Crippen molar-refractivity contribution in [3.63, 3.8) is 0 Å². The van der Waals surface area contributed by atoms with Crippen LogP contribution in [0.4, 0.5) is 0 Å². The van der Waals surface area contributed by atoms with Gasteiger partial charge in [-0.25, -0.2) is 0 Å². The van der Waals surface area contributed by atoms with Crippen LogP contribution >= 0.6 is 0 Å². The maximum absolute atomic E-state index is 10.5. The number of hydrogen-bond donors (Lipinski definition) is 1. The Hall–Kier alpha value is -1.51. The van der Waals surface area contributed by atoms with E-state index in [2.05, 4.69) is 0 Å².